The van der Waals surface area contributed by atoms with Gasteiger partial charge >= 0.3 is 0 Å². The average molecular weight is 194 g/mol. The molecule has 1 heterocycles. The molecule has 1 rings (SSSR count). The molecule has 0 aromatic rings. The van der Waals surface area contributed by atoms with Crippen LogP contribution in [0.5, 0.6) is 0 Å². The van der Waals surface area contributed by atoms with Gasteiger partial charge in [-0.2, -0.15) is 0 Å². The summed E-state index contributed by atoms with van der Waals surface area (Å²) in [7, 11) is 3.13. The fraction of sp³-hybridized carbons (Fsp3) is 0.500. The van der Waals surface area contributed by atoms with Gasteiger partial charge in [-0.15, -0.1) is 0 Å². The number of halogens is 1. The fourth-order valence-electron chi connectivity index (χ4n) is 0.613. The Morgan fingerprint density at radius 3 is 2.82 bits per heavy atom. The van der Waals surface area contributed by atoms with Crippen LogP contribution in [0.3, 0.4) is 0 Å². The van der Waals surface area contributed by atoms with Gasteiger partial charge in [0, 0.05) is 6.08 Å². The quantitative estimate of drug-likeness (QED) is 0.470. The first-order valence-electron chi connectivity index (χ1n) is 2.94. The molecule has 0 amide bonds. The maximum atomic E-state index is 5.74. The van der Waals surface area contributed by atoms with E-state index in [-0.39, 0.29) is 4.83 Å². The molecule has 1 aliphatic rings. The second-order valence-electron chi connectivity index (χ2n) is 1.75. The zero-order valence-corrected chi connectivity index (χ0v) is 7.78. The summed E-state index contributed by atoms with van der Waals surface area (Å²) in [6, 6.07) is 0. The first-order valence-corrected chi connectivity index (χ1v) is 4.26. The van der Waals surface area contributed by atoms with Gasteiger partial charge in [0.05, 0.1) is 14.2 Å². The number of methoxy groups -OCH3 is 2. The topological polar surface area (TPSA) is 30.8 Å². The summed E-state index contributed by atoms with van der Waals surface area (Å²) >= 11 is 7.08. The van der Waals surface area contributed by atoms with Crippen molar-refractivity contribution >= 4 is 29.3 Å². The smallest absolute Gasteiger partial charge is 0.214 e. The summed E-state index contributed by atoms with van der Waals surface area (Å²) in [5.74, 6) is 0.501. The van der Waals surface area contributed by atoms with Crippen LogP contribution in [0.1, 0.15) is 0 Å². The van der Waals surface area contributed by atoms with E-state index < -0.39 is 0 Å². The van der Waals surface area contributed by atoms with Crippen molar-refractivity contribution in [2.75, 3.05) is 14.2 Å². The van der Waals surface area contributed by atoms with Gasteiger partial charge in [-0.1, -0.05) is 11.6 Å². The maximum Gasteiger partial charge on any atom is 0.214 e. The lowest BCUT2D eigenvalue weighted by atomic mass is 10.6. The van der Waals surface area contributed by atoms with Gasteiger partial charge in [0.15, 0.2) is 9.92 Å². The van der Waals surface area contributed by atoms with Crippen molar-refractivity contribution in [2.24, 2.45) is 4.99 Å². The van der Waals surface area contributed by atoms with Crippen LogP contribution >= 0.6 is 23.4 Å². The van der Waals surface area contributed by atoms with Gasteiger partial charge in [0.1, 0.15) is 0 Å². The molecule has 1 aliphatic heterocycles. The molecular formula is C6H8ClNO2S. The number of ether oxygens (including phenoxy) is 2. The van der Waals surface area contributed by atoms with E-state index in [9.17, 15) is 0 Å². The second-order valence-corrected chi connectivity index (χ2v) is 3.51. The number of hydrogen-bond acceptors (Lipinski definition) is 4. The molecule has 1 atom stereocenters. The van der Waals surface area contributed by atoms with Gasteiger partial charge in [-0.3, -0.25) is 0 Å². The van der Waals surface area contributed by atoms with Crippen LogP contribution < -0.4 is 0 Å². The van der Waals surface area contributed by atoms with E-state index in [1.165, 1.54) is 11.8 Å². The molecule has 0 spiro atoms. The van der Waals surface area contributed by atoms with Crippen LogP contribution in [-0.4, -0.2) is 25.0 Å². The molecule has 0 aliphatic carbocycles. The third-order valence-electron chi connectivity index (χ3n) is 1.09. The Balaban J connectivity index is 2.71. The largest absolute Gasteiger partial charge is 0.490 e. The zero-order valence-electron chi connectivity index (χ0n) is 6.20. The predicted octanol–water partition coefficient (Wildman–Crippen LogP) is 1.79. The van der Waals surface area contributed by atoms with E-state index in [0.717, 1.165) is 5.09 Å². The Labute approximate surface area is 74.4 Å². The third kappa shape index (κ3) is 2.31. The van der Waals surface area contributed by atoms with Crippen molar-refractivity contribution < 1.29 is 9.47 Å². The van der Waals surface area contributed by atoms with Crippen molar-refractivity contribution in [1.29, 1.82) is 0 Å². The number of nitrogens with zero attached hydrogens (tertiary/aromatic N) is 1. The summed E-state index contributed by atoms with van der Waals surface area (Å²) in [6.45, 7) is 0. The summed E-state index contributed by atoms with van der Waals surface area (Å²) in [6.07, 6.45) is 1.70. The average Bonchev–Trinajstić information content (AvgIpc) is 2.03. The van der Waals surface area contributed by atoms with E-state index in [0.29, 0.717) is 5.90 Å². The van der Waals surface area contributed by atoms with Gasteiger partial charge in [0.2, 0.25) is 5.90 Å². The van der Waals surface area contributed by atoms with Gasteiger partial charge < -0.3 is 9.47 Å². The summed E-state index contributed by atoms with van der Waals surface area (Å²) in [5.41, 5.74) is 0. The molecule has 0 saturated heterocycles. The molecule has 62 valence electrons. The Hall–Kier alpha value is -0.350. The van der Waals surface area contributed by atoms with Crippen LogP contribution in [0.15, 0.2) is 16.2 Å². The lowest BCUT2D eigenvalue weighted by molar-refractivity contribution is 0.322. The van der Waals surface area contributed by atoms with Crippen molar-refractivity contribution in [3.05, 3.63) is 11.2 Å². The van der Waals surface area contributed by atoms with E-state index in [1.54, 1.807) is 20.3 Å². The van der Waals surface area contributed by atoms with E-state index in [4.69, 9.17) is 21.1 Å². The second kappa shape index (κ2) is 3.88. The highest BCUT2D eigenvalue weighted by Crippen LogP contribution is 2.29. The molecule has 0 N–H and O–H groups in total. The molecular weight excluding hydrogens is 186 g/mol. The van der Waals surface area contributed by atoms with E-state index in [2.05, 4.69) is 4.99 Å². The number of thioether (sulfide) groups is 1. The number of rotatable bonds is 1. The van der Waals surface area contributed by atoms with Crippen LogP contribution in [0.25, 0.3) is 0 Å². The molecule has 11 heavy (non-hydrogen) atoms. The minimum Gasteiger partial charge on any atom is -0.490 e. The van der Waals surface area contributed by atoms with Crippen LogP contribution in [0.4, 0.5) is 0 Å². The van der Waals surface area contributed by atoms with Crippen LogP contribution in [0.2, 0.25) is 0 Å². The highest BCUT2D eigenvalue weighted by atomic mass is 35.5. The number of hydrogen-bond donors (Lipinski definition) is 0. The van der Waals surface area contributed by atoms with Crippen LogP contribution in [0, 0.1) is 0 Å². The van der Waals surface area contributed by atoms with Gasteiger partial charge in [-0.25, -0.2) is 4.99 Å². The Morgan fingerprint density at radius 2 is 2.27 bits per heavy atom. The van der Waals surface area contributed by atoms with E-state index in [1.807, 2.05) is 0 Å². The first kappa shape index (κ1) is 8.74. The molecule has 0 aromatic carbocycles. The Morgan fingerprint density at radius 1 is 1.55 bits per heavy atom. The van der Waals surface area contributed by atoms with E-state index >= 15 is 0 Å². The number of aliphatic imine (C=N–C) groups is 1. The number of alkyl halides is 1. The zero-order chi connectivity index (χ0) is 8.27. The maximum absolute atomic E-state index is 5.74. The monoisotopic (exact) mass is 193 g/mol. The fourth-order valence-corrected chi connectivity index (χ4v) is 1.59. The summed E-state index contributed by atoms with van der Waals surface area (Å²) in [5, 5.41) is 0.719. The lowest BCUT2D eigenvalue weighted by Crippen LogP contribution is -2.07. The lowest BCUT2D eigenvalue weighted by Gasteiger charge is -2.13. The standard InChI is InChI=1S/C6H8ClNO2S/c1-9-4-3-5(10-2)11-6(7)8-4/h3,6H,1-2H3. The predicted molar refractivity (Wildman–Crippen MR) is 46.8 cm³/mol. The van der Waals surface area contributed by atoms with Crippen molar-refractivity contribution in [3.63, 3.8) is 0 Å². The molecule has 5 heteroatoms. The highest BCUT2D eigenvalue weighted by molar-refractivity contribution is 8.04. The van der Waals surface area contributed by atoms with Crippen LogP contribution in [-0.2, 0) is 9.47 Å². The van der Waals surface area contributed by atoms with Crippen molar-refractivity contribution in [1.82, 2.24) is 0 Å². The van der Waals surface area contributed by atoms with Gasteiger partial charge in [0.25, 0.3) is 0 Å². The molecule has 0 saturated carbocycles. The molecule has 3 nitrogen and oxygen atoms in total. The van der Waals surface area contributed by atoms with Crippen molar-refractivity contribution in [2.45, 2.75) is 4.83 Å². The minimum atomic E-state index is -0.343. The Kier molecular flexibility index (Phi) is 3.08. The SMILES string of the molecule is COC1=CC(OC)=NC(Cl)S1. The molecule has 0 radical (unpaired) electrons. The summed E-state index contributed by atoms with van der Waals surface area (Å²) < 4.78 is 9.86. The molecule has 0 aromatic heterocycles. The van der Waals surface area contributed by atoms with Gasteiger partial charge in [-0.05, 0) is 11.8 Å². The van der Waals surface area contributed by atoms with Crippen molar-refractivity contribution in [3.8, 4) is 0 Å². The highest BCUT2D eigenvalue weighted by Gasteiger charge is 2.15. The molecule has 1 unspecified atom stereocenters. The Bertz CT molecular complexity index is 205. The minimum absolute atomic E-state index is 0.343. The first-order chi connectivity index (χ1) is 5.26. The molecule has 0 fully saturated rings. The third-order valence-corrected chi connectivity index (χ3v) is 2.28. The molecule has 0 bridgehead atoms. The summed E-state index contributed by atoms with van der Waals surface area (Å²) in [4.78, 5) is 3.62. The normalized spacial score (nSPS) is 23.7.